The highest BCUT2D eigenvalue weighted by molar-refractivity contribution is 6.33. The van der Waals surface area contributed by atoms with Crippen LogP contribution >= 0.6 is 23.2 Å². The van der Waals surface area contributed by atoms with Gasteiger partial charge in [-0.15, -0.1) is 0 Å². The Labute approximate surface area is 128 Å². The van der Waals surface area contributed by atoms with Gasteiger partial charge in [0.15, 0.2) is 0 Å². The van der Waals surface area contributed by atoms with E-state index in [0.29, 0.717) is 16.0 Å². The normalized spacial score (nSPS) is 16.1. The first-order valence-electron chi connectivity index (χ1n) is 6.67. The van der Waals surface area contributed by atoms with Crippen molar-refractivity contribution in [2.45, 2.75) is 18.9 Å². The molecule has 0 spiro atoms. The van der Waals surface area contributed by atoms with E-state index in [2.05, 4.69) is 29.7 Å². The van der Waals surface area contributed by atoms with Crippen LogP contribution in [0.3, 0.4) is 0 Å². The van der Waals surface area contributed by atoms with Gasteiger partial charge in [-0.2, -0.15) is 0 Å². The fourth-order valence-electron chi connectivity index (χ4n) is 3.06. The van der Waals surface area contributed by atoms with E-state index in [1.54, 1.807) is 6.07 Å². The van der Waals surface area contributed by atoms with Gasteiger partial charge in [0.25, 0.3) is 0 Å². The number of nitrogens with one attached hydrogen (secondary N) is 1. The molecular weight excluding hydrogens is 291 g/mol. The maximum atomic E-state index is 6.31. The van der Waals surface area contributed by atoms with Crippen molar-refractivity contribution in [1.29, 1.82) is 0 Å². The number of hydrogen-bond acceptors (Lipinski definition) is 2. The molecular formula is C16H16Cl2N2. The highest BCUT2D eigenvalue weighted by Gasteiger charge is 2.30. The van der Waals surface area contributed by atoms with E-state index in [4.69, 9.17) is 29.0 Å². The van der Waals surface area contributed by atoms with Crippen LogP contribution in [0.25, 0.3) is 0 Å². The lowest BCUT2D eigenvalue weighted by molar-refractivity contribution is 0.380. The number of halogens is 2. The van der Waals surface area contributed by atoms with E-state index in [-0.39, 0.29) is 6.04 Å². The second-order valence-electron chi connectivity index (χ2n) is 5.25. The number of benzene rings is 2. The zero-order valence-electron chi connectivity index (χ0n) is 10.9. The Kier molecular flexibility index (Phi) is 3.99. The molecule has 104 valence electrons. The lowest BCUT2D eigenvalue weighted by Gasteiger charge is -2.24. The summed E-state index contributed by atoms with van der Waals surface area (Å²) in [5.74, 6) is 6.18. The Morgan fingerprint density at radius 1 is 1.05 bits per heavy atom. The van der Waals surface area contributed by atoms with E-state index in [0.717, 1.165) is 18.4 Å². The van der Waals surface area contributed by atoms with E-state index in [1.165, 1.54) is 11.1 Å². The fourth-order valence-corrected chi connectivity index (χ4v) is 3.48. The maximum Gasteiger partial charge on any atom is 0.0509 e. The molecule has 1 aliphatic rings. The monoisotopic (exact) mass is 306 g/mol. The van der Waals surface area contributed by atoms with Gasteiger partial charge < -0.3 is 0 Å². The molecule has 20 heavy (non-hydrogen) atoms. The predicted octanol–water partition coefficient (Wildman–Crippen LogP) is 3.91. The van der Waals surface area contributed by atoms with Crippen LogP contribution in [-0.2, 0) is 12.8 Å². The van der Waals surface area contributed by atoms with Gasteiger partial charge in [-0.3, -0.25) is 11.3 Å². The first-order chi connectivity index (χ1) is 9.69. The van der Waals surface area contributed by atoms with Gasteiger partial charge in [-0.05, 0) is 53.6 Å². The summed E-state index contributed by atoms with van der Waals surface area (Å²) in [4.78, 5) is 0. The van der Waals surface area contributed by atoms with Crippen molar-refractivity contribution in [3.05, 3.63) is 69.2 Å². The minimum absolute atomic E-state index is 0.00796. The summed E-state index contributed by atoms with van der Waals surface area (Å²) in [6.45, 7) is 0. The maximum absolute atomic E-state index is 6.31. The van der Waals surface area contributed by atoms with Gasteiger partial charge in [-0.25, -0.2) is 0 Å². The zero-order valence-corrected chi connectivity index (χ0v) is 12.5. The first-order valence-corrected chi connectivity index (χ1v) is 7.42. The van der Waals surface area contributed by atoms with E-state index < -0.39 is 0 Å². The molecule has 1 aliphatic carbocycles. The van der Waals surface area contributed by atoms with Crippen LogP contribution in [0.5, 0.6) is 0 Å². The van der Waals surface area contributed by atoms with Crippen LogP contribution in [0.4, 0.5) is 0 Å². The molecule has 0 bridgehead atoms. The summed E-state index contributed by atoms with van der Waals surface area (Å²) in [6.07, 6.45) is 2.02. The number of hydrazine groups is 1. The molecule has 0 fully saturated rings. The molecule has 2 nitrogen and oxygen atoms in total. The molecule has 0 heterocycles. The largest absolute Gasteiger partial charge is 0.271 e. The van der Waals surface area contributed by atoms with Crippen LogP contribution in [0.15, 0.2) is 42.5 Å². The second kappa shape index (κ2) is 5.74. The van der Waals surface area contributed by atoms with Crippen molar-refractivity contribution in [2.24, 2.45) is 11.8 Å². The van der Waals surface area contributed by atoms with Crippen LogP contribution < -0.4 is 11.3 Å². The summed E-state index contributed by atoms with van der Waals surface area (Å²) in [5, 5.41) is 1.38. The van der Waals surface area contributed by atoms with Crippen LogP contribution in [0.2, 0.25) is 10.0 Å². The fraction of sp³-hybridized carbons (Fsp3) is 0.250. The average Bonchev–Trinajstić information content (AvgIpc) is 2.87. The Morgan fingerprint density at radius 2 is 1.70 bits per heavy atom. The van der Waals surface area contributed by atoms with Crippen LogP contribution in [0, 0.1) is 5.92 Å². The Hall–Kier alpha value is -1.06. The van der Waals surface area contributed by atoms with Gasteiger partial charge in [0.2, 0.25) is 0 Å². The van der Waals surface area contributed by atoms with E-state index in [1.807, 2.05) is 12.1 Å². The highest BCUT2D eigenvalue weighted by Crippen LogP contribution is 2.37. The Bertz CT molecular complexity index is 603. The van der Waals surface area contributed by atoms with Crippen LogP contribution in [0.1, 0.15) is 22.7 Å². The standard InChI is InChI=1S/C16H16Cl2N2/c17-13-5-6-15(18)14(9-13)16(20-19)12-7-10-3-1-2-4-11(10)8-12/h1-6,9,12,16,20H,7-8,19H2. The third kappa shape index (κ3) is 2.57. The van der Waals surface area contributed by atoms with Crippen molar-refractivity contribution in [1.82, 2.24) is 5.43 Å². The molecule has 3 rings (SSSR count). The predicted molar refractivity (Wildman–Crippen MR) is 83.9 cm³/mol. The molecule has 0 aromatic heterocycles. The van der Waals surface area contributed by atoms with Gasteiger partial charge in [0.1, 0.15) is 0 Å². The topological polar surface area (TPSA) is 38.0 Å². The summed E-state index contributed by atoms with van der Waals surface area (Å²) in [5.41, 5.74) is 6.69. The third-order valence-corrected chi connectivity index (χ3v) is 4.61. The van der Waals surface area contributed by atoms with Gasteiger partial charge >= 0.3 is 0 Å². The van der Waals surface area contributed by atoms with Gasteiger partial charge in [0, 0.05) is 10.0 Å². The van der Waals surface area contributed by atoms with Crippen molar-refractivity contribution in [2.75, 3.05) is 0 Å². The van der Waals surface area contributed by atoms with Gasteiger partial charge in [0.05, 0.1) is 6.04 Å². The Morgan fingerprint density at radius 3 is 2.30 bits per heavy atom. The highest BCUT2D eigenvalue weighted by atomic mass is 35.5. The SMILES string of the molecule is NNC(c1cc(Cl)ccc1Cl)C1Cc2ccccc2C1. The molecule has 0 saturated heterocycles. The molecule has 1 atom stereocenters. The average molecular weight is 307 g/mol. The van der Waals surface area contributed by atoms with Crippen molar-refractivity contribution in [3.8, 4) is 0 Å². The third-order valence-electron chi connectivity index (χ3n) is 4.03. The van der Waals surface area contributed by atoms with Crippen LogP contribution in [-0.4, -0.2) is 0 Å². The van der Waals surface area contributed by atoms with Crippen molar-refractivity contribution >= 4 is 23.2 Å². The summed E-state index contributed by atoms with van der Waals surface area (Å²) in [6, 6.07) is 14.1. The minimum Gasteiger partial charge on any atom is -0.271 e. The summed E-state index contributed by atoms with van der Waals surface area (Å²) >= 11 is 12.4. The molecule has 3 N–H and O–H groups in total. The molecule has 0 saturated carbocycles. The molecule has 0 radical (unpaired) electrons. The van der Waals surface area contributed by atoms with E-state index in [9.17, 15) is 0 Å². The van der Waals surface area contributed by atoms with Crippen molar-refractivity contribution in [3.63, 3.8) is 0 Å². The summed E-state index contributed by atoms with van der Waals surface area (Å²) in [7, 11) is 0. The molecule has 2 aromatic carbocycles. The Balaban J connectivity index is 1.91. The lowest BCUT2D eigenvalue weighted by atomic mass is 9.91. The number of nitrogens with two attached hydrogens (primary N) is 1. The molecule has 1 unspecified atom stereocenters. The smallest absolute Gasteiger partial charge is 0.0509 e. The minimum atomic E-state index is 0.00796. The van der Waals surface area contributed by atoms with Gasteiger partial charge in [-0.1, -0.05) is 47.5 Å². The molecule has 2 aromatic rings. The number of fused-ring (bicyclic) bond motifs is 1. The van der Waals surface area contributed by atoms with Crippen molar-refractivity contribution < 1.29 is 0 Å². The molecule has 0 aliphatic heterocycles. The first kappa shape index (κ1) is 13.9. The molecule has 0 amide bonds. The molecule has 4 heteroatoms. The second-order valence-corrected chi connectivity index (χ2v) is 6.09. The zero-order chi connectivity index (χ0) is 14.1. The summed E-state index contributed by atoms with van der Waals surface area (Å²) < 4.78 is 0. The number of rotatable bonds is 3. The van der Waals surface area contributed by atoms with E-state index >= 15 is 0 Å². The quantitative estimate of drug-likeness (QED) is 0.666. The lowest BCUT2D eigenvalue weighted by Crippen LogP contribution is -2.34. The number of hydrogen-bond donors (Lipinski definition) is 2.